The Bertz CT molecular complexity index is 972. The van der Waals surface area contributed by atoms with E-state index in [-0.39, 0.29) is 5.91 Å². The van der Waals surface area contributed by atoms with E-state index < -0.39 is 0 Å². The van der Waals surface area contributed by atoms with E-state index in [1.165, 1.54) is 0 Å². The second kappa shape index (κ2) is 7.71. The molecule has 2 aliphatic rings. The van der Waals surface area contributed by atoms with Crippen LogP contribution in [0, 0.1) is 0 Å². The number of pyridine rings is 1. The van der Waals surface area contributed by atoms with E-state index in [0.29, 0.717) is 13.1 Å². The molecular formula is C21H24N6O2. The molecule has 0 bridgehead atoms. The second-order valence-electron chi connectivity index (χ2n) is 7.41. The molecule has 2 saturated heterocycles. The van der Waals surface area contributed by atoms with Crippen molar-refractivity contribution in [2.45, 2.75) is 0 Å². The first-order valence-electron chi connectivity index (χ1n) is 10.0. The Kier molecular flexibility index (Phi) is 4.77. The molecule has 8 nitrogen and oxygen atoms in total. The van der Waals surface area contributed by atoms with Crippen LogP contribution >= 0.6 is 0 Å². The van der Waals surface area contributed by atoms with Crippen LogP contribution in [-0.2, 0) is 4.74 Å². The van der Waals surface area contributed by atoms with Crippen molar-refractivity contribution in [3.05, 3.63) is 54.5 Å². The van der Waals surface area contributed by atoms with E-state index in [9.17, 15) is 4.79 Å². The van der Waals surface area contributed by atoms with Crippen molar-refractivity contribution in [2.75, 3.05) is 62.3 Å². The minimum atomic E-state index is 0.0847. The maximum atomic E-state index is 12.9. The highest BCUT2D eigenvalue weighted by atomic mass is 16.5. The molecule has 0 spiro atoms. The zero-order valence-corrected chi connectivity index (χ0v) is 16.3. The summed E-state index contributed by atoms with van der Waals surface area (Å²) in [6.07, 6.45) is 5.68. The zero-order valence-electron chi connectivity index (χ0n) is 16.3. The minimum Gasteiger partial charge on any atom is -0.378 e. The molecule has 2 fully saturated rings. The molecule has 150 valence electrons. The maximum absolute atomic E-state index is 12.9. The van der Waals surface area contributed by atoms with Crippen molar-refractivity contribution < 1.29 is 9.53 Å². The zero-order chi connectivity index (χ0) is 19.6. The molecule has 0 aliphatic carbocycles. The van der Waals surface area contributed by atoms with Crippen molar-refractivity contribution >= 4 is 22.9 Å². The number of amides is 1. The fourth-order valence-electron chi connectivity index (χ4n) is 3.99. The van der Waals surface area contributed by atoms with E-state index in [0.717, 1.165) is 62.0 Å². The molecule has 0 aromatic carbocycles. The summed E-state index contributed by atoms with van der Waals surface area (Å²) in [5.41, 5.74) is 2.85. The molecule has 3 aromatic rings. The van der Waals surface area contributed by atoms with E-state index in [1.54, 1.807) is 0 Å². The van der Waals surface area contributed by atoms with Gasteiger partial charge in [0, 0.05) is 63.2 Å². The van der Waals surface area contributed by atoms with Gasteiger partial charge in [-0.15, -0.1) is 5.10 Å². The predicted molar refractivity (Wildman–Crippen MR) is 111 cm³/mol. The molecule has 0 N–H and O–H groups in total. The van der Waals surface area contributed by atoms with Gasteiger partial charge in [-0.1, -0.05) is 6.07 Å². The summed E-state index contributed by atoms with van der Waals surface area (Å²) >= 11 is 0. The van der Waals surface area contributed by atoms with E-state index in [1.807, 2.05) is 52.2 Å². The number of nitrogens with zero attached hydrogens (tertiary/aromatic N) is 6. The third-order valence-electron chi connectivity index (χ3n) is 5.65. The Hall–Kier alpha value is -3.13. The number of carbonyl (C=O) groups is 1. The quantitative estimate of drug-likeness (QED) is 0.674. The van der Waals surface area contributed by atoms with Gasteiger partial charge in [-0.25, -0.2) is 0 Å². The number of aromatic nitrogens is 3. The Labute approximate surface area is 169 Å². The largest absolute Gasteiger partial charge is 0.378 e. The Morgan fingerprint density at radius 1 is 0.966 bits per heavy atom. The second-order valence-corrected chi connectivity index (χ2v) is 7.41. The first-order chi connectivity index (χ1) is 14.3. The number of hydrogen-bond donors (Lipinski definition) is 0. The first-order valence-corrected chi connectivity index (χ1v) is 10.0. The van der Waals surface area contributed by atoms with Gasteiger partial charge in [-0.05, 0) is 18.2 Å². The van der Waals surface area contributed by atoms with Crippen LogP contribution in [0.5, 0.6) is 0 Å². The third-order valence-corrected chi connectivity index (χ3v) is 5.65. The predicted octanol–water partition coefficient (Wildman–Crippen LogP) is 1.53. The molecule has 0 unspecified atom stereocenters. The number of rotatable bonds is 3. The summed E-state index contributed by atoms with van der Waals surface area (Å²) in [5, 5.41) is 8.53. The van der Waals surface area contributed by atoms with Crippen LogP contribution in [0.3, 0.4) is 0 Å². The lowest BCUT2D eigenvalue weighted by Gasteiger charge is -2.35. The van der Waals surface area contributed by atoms with Crippen LogP contribution < -0.4 is 9.80 Å². The topological polar surface area (TPSA) is 66.2 Å². The number of hydrogen-bond acceptors (Lipinski definition) is 6. The van der Waals surface area contributed by atoms with Crippen molar-refractivity contribution in [2.24, 2.45) is 0 Å². The number of fused-ring (bicyclic) bond motifs is 1. The minimum absolute atomic E-state index is 0.0847. The standard InChI is InChI=1S/C21H24N6O2/c28-21(17-13-18-3-1-2-4-27(18)16-17)26-7-5-25(6-8-26)20-14-19(15-22-23-20)24-9-11-29-12-10-24/h1-4,13-16H,5-12H2. The highest BCUT2D eigenvalue weighted by molar-refractivity contribution is 5.95. The van der Waals surface area contributed by atoms with Gasteiger partial charge in [-0.2, -0.15) is 5.10 Å². The first kappa shape index (κ1) is 17.9. The molecule has 0 atom stereocenters. The fraction of sp³-hybridized carbons (Fsp3) is 0.381. The molecule has 5 heterocycles. The van der Waals surface area contributed by atoms with Crippen molar-refractivity contribution in [1.29, 1.82) is 0 Å². The number of piperazine rings is 1. The summed E-state index contributed by atoms with van der Waals surface area (Å²) < 4.78 is 7.41. The van der Waals surface area contributed by atoms with Crippen molar-refractivity contribution in [3.8, 4) is 0 Å². The van der Waals surface area contributed by atoms with Crippen LogP contribution in [0.25, 0.3) is 5.52 Å². The molecule has 1 amide bonds. The van der Waals surface area contributed by atoms with Crippen LogP contribution in [0.2, 0.25) is 0 Å². The highest BCUT2D eigenvalue weighted by Crippen LogP contribution is 2.21. The van der Waals surface area contributed by atoms with Crippen LogP contribution in [0.15, 0.2) is 48.9 Å². The van der Waals surface area contributed by atoms with Gasteiger partial charge in [0.05, 0.1) is 30.7 Å². The molecule has 0 radical (unpaired) electrons. The molecule has 2 aliphatic heterocycles. The summed E-state index contributed by atoms with van der Waals surface area (Å²) in [7, 11) is 0. The average Bonchev–Trinajstić information content (AvgIpc) is 3.24. The number of ether oxygens (including phenoxy) is 1. The van der Waals surface area contributed by atoms with Crippen molar-refractivity contribution in [1.82, 2.24) is 19.5 Å². The third kappa shape index (κ3) is 3.63. The number of anilines is 2. The smallest absolute Gasteiger partial charge is 0.255 e. The Balaban J connectivity index is 1.25. The summed E-state index contributed by atoms with van der Waals surface area (Å²) in [5.74, 6) is 0.956. The maximum Gasteiger partial charge on any atom is 0.255 e. The lowest BCUT2D eigenvalue weighted by atomic mass is 10.2. The van der Waals surface area contributed by atoms with Crippen LogP contribution in [-0.4, -0.2) is 77.9 Å². The molecule has 5 rings (SSSR count). The van der Waals surface area contributed by atoms with Gasteiger partial charge in [0.15, 0.2) is 5.82 Å². The number of carbonyl (C=O) groups excluding carboxylic acids is 1. The van der Waals surface area contributed by atoms with Gasteiger partial charge in [-0.3, -0.25) is 4.79 Å². The van der Waals surface area contributed by atoms with Crippen LogP contribution in [0.4, 0.5) is 11.5 Å². The monoisotopic (exact) mass is 392 g/mol. The molecule has 0 saturated carbocycles. The molecule has 3 aromatic heterocycles. The van der Waals surface area contributed by atoms with Gasteiger partial charge < -0.3 is 23.8 Å². The highest BCUT2D eigenvalue weighted by Gasteiger charge is 2.24. The van der Waals surface area contributed by atoms with E-state index in [4.69, 9.17) is 4.74 Å². The Morgan fingerprint density at radius 2 is 1.79 bits per heavy atom. The van der Waals surface area contributed by atoms with Gasteiger partial charge in [0.1, 0.15) is 0 Å². The summed E-state index contributed by atoms with van der Waals surface area (Å²) in [6, 6.07) is 10.00. The lowest BCUT2D eigenvalue weighted by molar-refractivity contribution is 0.0746. The van der Waals surface area contributed by atoms with Gasteiger partial charge in [0.2, 0.25) is 0 Å². The lowest BCUT2D eigenvalue weighted by Crippen LogP contribution is -2.49. The number of morpholine rings is 1. The summed E-state index contributed by atoms with van der Waals surface area (Å²) in [6.45, 7) is 6.09. The van der Waals surface area contributed by atoms with Crippen LogP contribution in [0.1, 0.15) is 10.4 Å². The SMILES string of the molecule is O=C(c1cc2ccccn2c1)N1CCN(c2cc(N3CCOCC3)cnn2)CC1. The molecule has 8 heteroatoms. The molecular weight excluding hydrogens is 368 g/mol. The normalized spacial score (nSPS) is 17.7. The average molecular weight is 392 g/mol. The van der Waals surface area contributed by atoms with E-state index in [2.05, 4.69) is 26.1 Å². The van der Waals surface area contributed by atoms with Gasteiger partial charge in [0.25, 0.3) is 5.91 Å². The Morgan fingerprint density at radius 3 is 2.59 bits per heavy atom. The summed E-state index contributed by atoms with van der Waals surface area (Å²) in [4.78, 5) is 19.3. The molecule has 29 heavy (non-hydrogen) atoms. The van der Waals surface area contributed by atoms with E-state index >= 15 is 0 Å². The van der Waals surface area contributed by atoms with Gasteiger partial charge >= 0.3 is 0 Å². The fourth-order valence-corrected chi connectivity index (χ4v) is 3.99. The van der Waals surface area contributed by atoms with Crippen molar-refractivity contribution in [3.63, 3.8) is 0 Å².